The number of nitrogens with zero attached hydrogens (tertiary/aromatic N) is 2. The molecule has 0 amide bonds. The summed E-state index contributed by atoms with van der Waals surface area (Å²) >= 11 is 5.86. The topological polar surface area (TPSA) is 65.2 Å². The van der Waals surface area contributed by atoms with E-state index in [0.29, 0.717) is 16.5 Å². The van der Waals surface area contributed by atoms with Crippen molar-refractivity contribution in [1.82, 2.24) is 10.2 Å². The first kappa shape index (κ1) is 15.2. The first-order valence-corrected chi connectivity index (χ1v) is 7.36. The molecule has 0 N–H and O–H groups in total. The maximum Gasteiger partial charge on any atom is 0.338 e. The summed E-state index contributed by atoms with van der Waals surface area (Å²) in [4.78, 5) is 12.1. The highest BCUT2D eigenvalue weighted by Gasteiger charge is 2.20. The Kier molecular flexibility index (Phi) is 4.39. The van der Waals surface area contributed by atoms with E-state index in [1.54, 1.807) is 31.2 Å². The monoisotopic (exact) mass is 328 g/mol. The van der Waals surface area contributed by atoms with Gasteiger partial charge in [0, 0.05) is 10.6 Å². The van der Waals surface area contributed by atoms with Crippen LogP contribution in [0.25, 0.3) is 11.5 Å². The van der Waals surface area contributed by atoms with Gasteiger partial charge in [0.25, 0.3) is 5.89 Å². The summed E-state index contributed by atoms with van der Waals surface area (Å²) in [5.74, 6) is 0.116. The molecule has 5 nitrogen and oxygen atoms in total. The van der Waals surface area contributed by atoms with Gasteiger partial charge in [0.1, 0.15) is 0 Å². The molecule has 116 valence electrons. The number of halogens is 1. The summed E-state index contributed by atoms with van der Waals surface area (Å²) in [6.45, 7) is 1.67. The van der Waals surface area contributed by atoms with Gasteiger partial charge in [0.15, 0.2) is 6.10 Å². The smallest absolute Gasteiger partial charge is 0.338 e. The van der Waals surface area contributed by atoms with Crippen LogP contribution in [0.5, 0.6) is 0 Å². The summed E-state index contributed by atoms with van der Waals surface area (Å²) in [7, 11) is 0. The van der Waals surface area contributed by atoms with Crippen molar-refractivity contribution in [2.24, 2.45) is 0 Å². The molecule has 2 aromatic carbocycles. The van der Waals surface area contributed by atoms with Gasteiger partial charge >= 0.3 is 5.97 Å². The van der Waals surface area contributed by atoms with Crippen LogP contribution in [0.3, 0.4) is 0 Å². The summed E-state index contributed by atoms with van der Waals surface area (Å²) in [6.07, 6.45) is -0.661. The lowest BCUT2D eigenvalue weighted by Crippen LogP contribution is -2.09. The fraction of sp³-hybridized carbons (Fsp3) is 0.118. The second-order valence-electron chi connectivity index (χ2n) is 4.87. The van der Waals surface area contributed by atoms with Crippen molar-refractivity contribution in [2.45, 2.75) is 13.0 Å². The highest BCUT2D eigenvalue weighted by atomic mass is 35.5. The predicted molar refractivity (Wildman–Crippen MR) is 85.0 cm³/mol. The third-order valence-corrected chi connectivity index (χ3v) is 3.39. The Bertz CT molecular complexity index is 817. The van der Waals surface area contributed by atoms with Crippen LogP contribution in [0.15, 0.2) is 59.0 Å². The number of benzene rings is 2. The minimum Gasteiger partial charge on any atom is -0.449 e. The standard InChI is InChI=1S/C17H13ClN2O3/c1-11(22-17(21)13-8-5-9-14(18)10-13)15-19-20-16(23-15)12-6-3-2-4-7-12/h2-11H,1H3/t11-/m1/s1. The Morgan fingerprint density at radius 1 is 1.13 bits per heavy atom. The van der Waals surface area contributed by atoms with Crippen molar-refractivity contribution in [3.63, 3.8) is 0 Å². The van der Waals surface area contributed by atoms with E-state index in [1.165, 1.54) is 0 Å². The lowest BCUT2D eigenvalue weighted by Gasteiger charge is -2.09. The summed E-state index contributed by atoms with van der Waals surface area (Å²) in [5.41, 5.74) is 1.17. The molecule has 6 heteroatoms. The Morgan fingerprint density at radius 3 is 2.65 bits per heavy atom. The van der Waals surface area contributed by atoms with Crippen LogP contribution in [0.2, 0.25) is 5.02 Å². The molecule has 3 rings (SSSR count). The zero-order chi connectivity index (χ0) is 16.2. The average Bonchev–Trinajstić information content (AvgIpc) is 3.06. The molecule has 3 aromatic rings. The number of rotatable bonds is 4. The highest BCUT2D eigenvalue weighted by molar-refractivity contribution is 6.30. The van der Waals surface area contributed by atoms with E-state index in [1.807, 2.05) is 30.3 Å². The van der Waals surface area contributed by atoms with E-state index >= 15 is 0 Å². The molecule has 1 aromatic heterocycles. The highest BCUT2D eigenvalue weighted by Crippen LogP contribution is 2.23. The van der Waals surface area contributed by atoms with Gasteiger partial charge < -0.3 is 9.15 Å². The summed E-state index contributed by atoms with van der Waals surface area (Å²) in [5, 5.41) is 8.38. The van der Waals surface area contributed by atoms with Gasteiger partial charge in [-0.25, -0.2) is 4.79 Å². The van der Waals surface area contributed by atoms with E-state index in [-0.39, 0.29) is 5.89 Å². The van der Waals surface area contributed by atoms with Gasteiger partial charge in [0.05, 0.1) is 5.56 Å². The van der Waals surface area contributed by atoms with Crippen LogP contribution >= 0.6 is 11.6 Å². The summed E-state index contributed by atoms with van der Waals surface area (Å²) in [6, 6.07) is 15.9. The molecule has 23 heavy (non-hydrogen) atoms. The number of hydrogen-bond acceptors (Lipinski definition) is 5. The van der Waals surface area contributed by atoms with Crippen LogP contribution in [-0.4, -0.2) is 16.2 Å². The molecular formula is C17H13ClN2O3. The van der Waals surface area contributed by atoms with Gasteiger partial charge in [-0.15, -0.1) is 10.2 Å². The van der Waals surface area contributed by atoms with Crippen molar-refractivity contribution in [3.05, 3.63) is 71.1 Å². The predicted octanol–water partition coefficient (Wildman–Crippen LogP) is 4.31. The van der Waals surface area contributed by atoms with E-state index in [0.717, 1.165) is 5.56 Å². The second kappa shape index (κ2) is 6.62. The molecule has 1 atom stereocenters. The molecule has 1 heterocycles. The Morgan fingerprint density at radius 2 is 1.91 bits per heavy atom. The third kappa shape index (κ3) is 3.57. The van der Waals surface area contributed by atoms with Crippen LogP contribution in [0, 0.1) is 0 Å². The first-order chi connectivity index (χ1) is 11.1. The fourth-order valence-corrected chi connectivity index (χ4v) is 2.18. The average molecular weight is 329 g/mol. The Labute approximate surface area is 137 Å². The Hall–Kier alpha value is -2.66. The van der Waals surface area contributed by atoms with Crippen LogP contribution < -0.4 is 0 Å². The quantitative estimate of drug-likeness (QED) is 0.668. The molecule has 0 fully saturated rings. The van der Waals surface area contributed by atoms with E-state index in [4.69, 9.17) is 20.8 Å². The van der Waals surface area contributed by atoms with E-state index < -0.39 is 12.1 Å². The normalized spacial score (nSPS) is 11.9. The maximum atomic E-state index is 12.1. The number of hydrogen-bond donors (Lipinski definition) is 0. The number of carbonyl (C=O) groups is 1. The SMILES string of the molecule is C[C@@H](OC(=O)c1cccc(Cl)c1)c1nnc(-c2ccccc2)o1. The van der Waals surface area contributed by atoms with Gasteiger partial charge in [-0.05, 0) is 37.3 Å². The molecule has 0 aliphatic carbocycles. The van der Waals surface area contributed by atoms with E-state index in [2.05, 4.69) is 10.2 Å². The molecule has 0 radical (unpaired) electrons. The number of aromatic nitrogens is 2. The number of ether oxygens (including phenoxy) is 1. The lowest BCUT2D eigenvalue weighted by atomic mass is 10.2. The minimum absolute atomic E-state index is 0.235. The number of carbonyl (C=O) groups excluding carboxylic acids is 1. The molecule has 0 aliphatic heterocycles. The van der Waals surface area contributed by atoms with Crippen molar-refractivity contribution in [2.75, 3.05) is 0 Å². The lowest BCUT2D eigenvalue weighted by molar-refractivity contribution is 0.0280. The Balaban J connectivity index is 1.73. The molecule has 0 aliphatic rings. The van der Waals surface area contributed by atoms with Gasteiger partial charge in [-0.2, -0.15) is 0 Å². The van der Waals surface area contributed by atoms with Crippen LogP contribution in [0.1, 0.15) is 29.3 Å². The maximum absolute atomic E-state index is 12.1. The van der Waals surface area contributed by atoms with Crippen LogP contribution in [-0.2, 0) is 4.74 Å². The summed E-state index contributed by atoms with van der Waals surface area (Å²) < 4.78 is 10.9. The number of esters is 1. The molecule has 0 unspecified atom stereocenters. The molecule has 0 saturated carbocycles. The van der Waals surface area contributed by atoms with Gasteiger partial charge in [-0.3, -0.25) is 0 Å². The molecule has 0 bridgehead atoms. The van der Waals surface area contributed by atoms with Gasteiger partial charge in [-0.1, -0.05) is 35.9 Å². The second-order valence-corrected chi connectivity index (χ2v) is 5.31. The minimum atomic E-state index is -0.661. The van der Waals surface area contributed by atoms with Crippen molar-refractivity contribution in [1.29, 1.82) is 0 Å². The van der Waals surface area contributed by atoms with Gasteiger partial charge in [0.2, 0.25) is 5.89 Å². The fourth-order valence-electron chi connectivity index (χ4n) is 1.99. The van der Waals surface area contributed by atoms with Crippen LogP contribution in [0.4, 0.5) is 0 Å². The van der Waals surface area contributed by atoms with Crippen molar-refractivity contribution in [3.8, 4) is 11.5 Å². The molecular weight excluding hydrogens is 316 g/mol. The largest absolute Gasteiger partial charge is 0.449 e. The molecule has 0 spiro atoms. The van der Waals surface area contributed by atoms with E-state index in [9.17, 15) is 4.79 Å². The molecule has 0 saturated heterocycles. The zero-order valence-corrected chi connectivity index (χ0v) is 13.0. The zero-order valence-electron chi connectivity index (χ0n) is 12.3. The van der Waals surface area contributed by atoms with Crippen molar-refractivity contribution >= 4 is 17.6 Å². The van der Waals surface area contributed by atoms with Crippen molar-refractivity contribution < 1.29 is 13.9 Å². The third-order valence-electron chi connectivity index (χ3n) is 3.15. The first-order valence-electron chi connectivity index (χ1n) is 6.99.